The van der Waals surface area contributed by atoms with E-state index in [0.29, 0.717) is 57.8 Å². The highest BCUT2D eigenvalue weighted by atomic mass is 16.7. The lowest BCUT2D eigenvalue weighted by Crippen LogP contribution is -2.63. The van der Waals surface area contributed by atoms with Gasteiger partial charge in [0.15, 0.2) is 25.0 Å². The van der Waals surface area contributed by atoms with E-state index in [-0.39, 0.29) is 37.0 Å². The highest BCUT2D eigenvalue weighted by molar-refractivity contribution is 5.82. The van der Waals surface area contributed by atoms with Gasteiger partial charge in [-0.15, -0.1) is 0 Å². The zero-order valence-electron chi connectivity index (χ0n) is 44.7. The first-order chi connectivity index (χ1) is 37.6. The molecule has 0 spiro atoms. The van der Waals surface area contributed by atoms with Crippen LogP contribution in [0, 0.1) is 23.7 Å². The van der Waals surface area contributed by atoms with Crippen LogP contribution in [0.2, 0.25) is 0 Å². The summed E-state index contributed by atoms with van der Waals surface area (Å²) in [6.07, 6.45) is -21.2. The molecule has 26 nitrogen and oxygen atoms in total. The lowest BCUT2D eigenvalue weighted by molar-refractivity contribution is -0.346. The van der Waals surface area contributed by atoms with Crippen LogP contribution in [-0.4, -0.2) is 265 Å². The SMILES string of the molecule is COC1CC(C2OC3CC(O)CC(O)C3CC2O[C@@H]2O[C@H](CO[C@@H]3O[C@@H](C)[C@H](OC(=O)C=CC4CCC(O[C@@H]5O[C@H](COC(=O)C=CC6CCC(O)C(O)C6)[C@@H](O)[C@H](O)[C@H]5O)CC4)[C@@H](O)[C@H]3O)[C@@H](O)[C@H](O)[C@H]2O)CC(OC)C1O. The maximum atomic E-state index is 13.1. The van der Waals surface area contributed by atoms with Crippen molar-refractivity contribution >= 4 is 11.9 Å². The van der Waals surface area contributed by atoms with Crippen LogP contribution in [0.15, 0.2) is 24.3 Å². The average Bonchev–Trinajstić information content (AvgIpc) is 3.51. The number of methoxy groups -OCH3 is 2. The second-order valence-electron chi connectivity index (χ2n) is 22.9. The van der Waals surface area contributed by atoms with Crippen molar-refractivity contribution in [2.24, 2.45) is 23.7 Å². The molecule has 0 bridgehead atoms. The molecule has 0 radical (unpaired) electrons. The molecule has 4 saturated heterocycles. The van der Waals surface area contributed by atoms with Gasteiger partial charge in [0.2, 0.25) is 0 Å². The molecule has 8 rings (SSSR count). The summed E-state index contributed by atoms with van der Waals surface area (Å²) in [7, 11) is 2.94. The molecular weight excluding hydrogens is 1050 g/mol. The molecule has 26 atom stereocenters. The predicted molar refractivity (Wildman–Crippen MR) is 264 cm³/mol. The third kappa shape index (κ3) is 15.1. The lowest BCUT2D eigenvalue weighted by Gasteiger charge is -2.52. The van der Waals surface area contributed by atoms with Crippen molar-refractivity contribution in [1.82, 2.24) is 0 Å². The molecule has 8 aliphatic rings. The van der Waals surface area contributed by atoms with E-state index in [2.05, 4.69) is 0 Å². The zero-order valence-corrected chi connectivity index (χ0v) is 44.7. The minimum atomic E-state index is -1.81. The minimum Gasteiger partial charge on any atom is -0.460 e. The van der Waals surface area contributed by atoms with Gasteiger partial charge in [-0.2, -0.15) is 0 Å². The van der Waals surface area contributed by atoms with Crippen LogP contribution in [0.1, 0.15) is 84.0 Å². The maximum absolute atomic E-state index is 13.1. The molecule has 4 saturated carbocycles. The number of aliphatic hydroxyl groups is 13. The standard InChI is InChI=1S/C53H84O26/c1-22-49(79-39(59)13-7-23-4-9-27(10-5-23)74-52-46(66)43(63)41(61)36(77-52)20-71-38(58)12-8-24-6-11-29(55)31(57)14-24)45(65)48(68)51(73-22)72-21-37-42(62)44(64)47(67)53(78-37)76-35-19-28-30(56)17-26(54)18-32(28)75-50(35)25-15-33(69-2)40(60)34(16-25)70-3/h7-8,12-13,22-37,40-57,60-68H,4-6,9-11,14-21H2,1-3H3/t22-,23?,24?,25?,26?,27?,28?,29?,30?,31?,32?,33?,34?,35?,36+,37+,40?,41+,42+,43-,44-,45-,46+,47+,48+,49-,50?,51+,52+,53+/m0/s1. The molecule has 26 heteroatoms. The van der Waals surface area contributed by atoms with E-state index in [1.165, 1.54) is 33.3 Å². The van der Waals surface area contributed by atoms with Gasteiger partial charge in [-0.25, -0.2) is 9.59 Å². The molecule has 0 aromatic heterocycles. The van der Waals surface area contributed by atoms with Gasteiger partial charge in [0, 0.05) is 32.3 Å². The van der Waals surface area contributed by atoms with Gasteiger partial charge in [-0.05, 0) is 102 Å². The number of carbonyl (C=O) groups excluding carboxylic acids is 2. The summed E-state index contributed by atoms with van der Waals surface area (Å²) in [5, 5.41) is 139. The Labute approximate surface area is 457 Å². The Balaban J connectivity index is 0.787. The normalized spacial score (nSPS) is 49.1. The molecule has 4 heterocycles. The van der Waals surface area contributed by atoms with Gasteiger partial charge < -0.3 is 118 Å². The summed E-state index contributed by atoms with van der Waals surface area (Å²) < 4.78 is 64.4. The van der Waals surface area contributed by atoms with Crippen LogP contribution in [0.25, 0.3) is 0 Å². The maximum Gasteiger partial charge on any atom is 0.330 e. The van der Waals surface area contributed by atoms with E-state index in [9.17, 15) is 76.0 Å². The summed E-state index contributed by atoms with van der Waals surface area (Å²) in [4.78, 5) is 25.5. The number of aliphatic hydroxyl groups excluding tert-OH is 13. The van der Waals surface area contributed by atoms with Crippen molar-refractivity contribution in [1.29, 1.82) is 0 Å². The van der Waals surface area contributed by atoms with Crippen molar-refractivity contribution in [2.75, 3.05) is 27.4 Å². The molecule has 452 valence electrons. The first-order valence-corrected chi connectivity index (χ1v) is 27.8. The van der Waals surface area contributed by atoms with Gasteiger partial charge in [-0.3, -0.25) is 0 Å². The van der Waals surface area contributed by atoms with Crippen molar-refractivity contribution < 1.29 is 128 Å². The predicted octanol–water partition coefficient (Wildman–Crippen LogP) is -3.78. The molecule has 0 amide bonds. The second kappa shape index (κ2) is 28.0. The monoisotopic (exact) mass is 1140 g/mol. The van der Waals surface area contributed by atoms with Crippen LogP contribution in [0.4, 0.5) is 0 Å². The number of rotatable bonds is 17. The van der Waals surface area contributed by atoms with E-state index in [1.54, 1.807) is 12.2 Å². The summed E-state index contributed by atoms with van der Waals surface area (Å²) in [6, 6.07) is 0. The second-order valence-corrected chi connectivity index (χ2v) is 22.9. The third-order valence-electron chi connectivity index (χ3n) is 17.5. The van der Waals surface area contributed by atoms with Crippen molar-refractivity contribution in [3.63, 3.8) is 0 Å². The molecule has 79 heavy (non-hydrogen) atoms. The van der Waals surface area contributed by atoms with E-state index in [4.69, 9.17) is 52.1 Å². The highest BCUT2D eigenvalue weighted by Crippen LogP contribution is 2.44. The number of esters is 2. The topological polar surface area (TPSA) is 399 Å². The number of hydrogen-bond acceptors (Lipinski definition) is 26. The molecule has 4 aliphatic heterocycles. The fourth-order valence-corrected chi connectivity index (χ4v) is 12.7. The van der Waals surface area contributed by atoms with Gasteiger partial charge in [0.1, 0.15) is 73.8 Å². The van der Waals surface area contributed by atoms with Crippen LogP contribution in [-0.2, 0) is 61.7 Å². The quantitative estimate of drug-likeness (QED) is 0.0491. The number of carbonyl (C=O) groups is 2. The Kier molecular flexibility index (Phi) is 22.1. The fourth-order valence-electron chi connectivity index (χ4n) is 12.7. The van der Waals surface area contributed by atoms with Crippen LogP contribution in [0.5, 0.6) is 0 Å². The molecule has 0 aromatic rings. The summed E-state index contributed by atoms with van der Waals surface area (Å²) in [6.45, 7) is 0.476. The van der Waals surface area contributed by atoms with Crippen LogP contribution < -0.4 is 0 Å². The summed E-state index contributed by atoms with van der Waals surface area (Å²) in [5.41, 5.74) is 0. The van der Waals surface area contributed by atoms with E-state index in [0.717, 1.165) is 0 Å². The lowest BCUT2D eigenvalue weighted by atomic mass is 9.72. The van der Waals surface area contributed by atoms with E-state index in [1.807, 2.05) is 0 Å². The Morgan fingerprint density at radius 3 is 1.72 bits per heavy atom. The summed E-state index contributed by atoms with van der Waals surface area (Å²) >= 11 is 0. The molecule has 8 fully saturated rings. The van der Waals surface area contributed by atoms with Crippen molar-refractivity contribution in [3.8, 4) is 0 Å². The van der Waals surface area contributed by atoms with Gasteiger partial charge in [-0.1, -0.05) is 12.2 Å². The fraction of sp³-hybridized carbons (Fsp3) is 0.887. The minimum absolute atomic E-state index is 0.113. The Morgan fingerprint density at radius 1 is 0.506 bits per heavy atom. The number of fused-ring (bicyclic) bond motifs is 1. The molecule has 0 aromatic carbocycles. The molecule has 11 unspecified atom stereocenters. The molecule has 4 aliphatic carbocycles. The van der Waals surface area contributed by atoms with Crippen LogP contribution in [0.3, 0.4) is 0 Å². The molecule has 13 N–H and O–H groups in total. The van der Waals surface area contributed by atoms with Gasteiger partial charge in [0.05, 0.1) is 73.8 Å². The van der Waals surface area contributed by atoms with Crippen molar-refractivity contribution in [2.45, 2.75) is 243 Å². The number of allylic oxidation sites excluding steroid dienone is 2. The zero-order chi connectivity index (χ0) is 57.0. The Morgan fingerprint density at radius 2 is 1.09 bits per heavy atom. The smallest absolute Gasteiger partial charge is 0.330 e. The van der Waals surface area contributed by atoms with Crippen LogP contribution >= 0.6 is 0 Å². The largest absolute Gasteiger partial charge is 0.460 e. The Bertz CT molecular complexity index is 1980. The molecular formula is C53H84O26. The van der Waals surface area contributed by atoms with E-state index >= 15 is 0 Å². The number of hydrogen-bond donors (Lipinski definition) is 13. The van der Waals surface area contributed by atoms with Crippen molar-refractivity contribution in [3.05, 3.63) is 24.3 Å². The van der Waals surface area contributed by atoms with Gasteiger partial charge in [0.25, 0.3) is 0 Å². The van der Waals surface area contributed by atoms with Gasteiger partial charge >= 0.3 is 11.9 Å². The highest BCUT2D eigenvalue weighted by Gasteiger charge is 2.54. The third-order valence-corrected chi connectivity index (χ3v) is 17.5. The average molecular weight is 1140 g/mol. The first kappa shape index (κ1) is 62.6. The Hall–Kier alpha value is -2.46. The number of ether oxygens (including phenoxy) is 11. The van der Waals surface area contributed by atoms with E-state index < -0.39 is 190 Å². The summed E-state index contributed by atoms with van der Waals surface area (Å²) in [5.74, 6) is -2.63. The first-order valence-electron chi connectivity index (χ1n) is 27.8.